The SMILES string of the molecule is COc1cc(COC[C@](CCCN2CCC3(CC2)c2ccccc2CS3=O)(c2ccc(Cl)c(Cl)c2)N(C)C(=O)NCc2cccc(F)c2)cc(OC)c1OC. The quantitative estimate of drug-likeness (QED) is 0.129. The lowest BCUT2D eigenvalue weighted by atomic mass is 9.83. The Balaban J connectivity index is 1.25. The van der Waals surface area contributed by atoms with Crippen molar-refractivity contribution in [3.8, 4) is 17.2 Å². The minimum atomic E-state index is -1.01. The number of halogens is 3. The zero-order valence-electron chi connectivity index (χ0n) is 31.7. The van der Waals surface area contributed by atoms with E-state index >= 15 is 0 Å². The average molecular weight is 813 g/mol. The van der Waals surface area contributed by atoms with E-state index in [1.54, 1.807) is 57.5 Å². The molecule has 0 saturated carbocycles. The lowest BCUT2D eigenvalue weighted by molar-refractivity contribution is 0.00243. The summed E-state index contributed by atoms with van der Waals surface area (Å²) in [6.07, 6.45) is 2.88. The first-order chi connectivity index (χ1) is 26.5. The largest absolute Gasteiger partial charge is 0.493 e. The Morgan fingerprint density at radius 3 is 2.33 bits per heavy atom. The van der Waals surface area contributed by atoms with Crippen LogP contribution in [0.5, 0.6) is 17.2 Å². The third-order valence-corrected chi connectivity index (χ3v) is 13.8. The molecule has 2 aliphatic rings. The number of urea groups is 1. The fourth-order valence-corrected chi connectivity index (χ4v) is 10.2. The minimum absolute atomic E-state index is 0.102. The normalized spacial score (nSPS) is 17.3. The molecule has 1 N–H and O–H groups in total. The molecule has 4 aromatic rings. The maximum atomic E-state index is 14.1. The maximum Gasteiger partial charge on any atom is 0.318 e. The number of piperidine rings is 1. The summed E-state index contributed by atoms with van der Waals surface area (Å²) in [6, 6.07) is 23.2. The van der Waals surface area contributed by atoms with Crippen molar-refractivity contribution in [3.63, 3.8) is 0 Å². The zero-order valence-corrected chi connectivity index (χ0v) is 34.0. The predicted molar refractivity (Wildman–Crippen MR) is 215 cm³/mol. The van der Waals surface area contributed by atoms with Crippen molar-refractivity contribution in [3.05, 3.63) is 123 Å². The molecule has 4 aromatic carbocycles. The summed E-state index contributed by atoms with van der Waals surface area (Å²) in [6.45, 7) is 2.81. The second-order valence-electron chi connectivity index (χ2n) is 14.1. The minimum Gasteiger partial charge on any atom is -0.493 e. The second-order valence-corrected chi connectivity index (χ2v) is 16.7. The van der Waals surface area contributed by atoms with E-state index in [1.165, 1.54) is 23.3 Å². The van der Waals surface area contributed by atoms with Gasteiger partial charge in [0, 0.05) is 30.1 Å². The Morgan fingerprint density at radius 1 is 0.927 bits per heavy atom. The maximum absolute atomic E-state index is 14.1. The van der Waals surface area contributed by atoms with E-state index in [1.807, 2.05) is 30.3 Å². The van der Waals surface area contributed by atoms with Crippen LogP contribution in [0.2, 0.25) is 10.0 Å². The molecule has 9 nitrogen and oxygen atoms in total. The van der Waals surface area contributed by atoms with Crippen molar-refractivity contribution >= 4 is 40.0 Å². The van der Waals surface area contributed by atoms with Crippen LogP contribution in [-0.2, 0) is 44.7 Å². The van der Waals surface area contributed by atoms with Gasteiger partial charge >= 0.3 is 6.03 Å². The van der Waals surface area contributed by atoms with Gasteiger partial charge in [-0.2, -0.15) is 0 Å². The molecular weight excluding hydrogens is 764 g/mol. The molecule has 1 unspecified atom stereocenters. The van der Waals surface area contributed by atoms with Crippen LogP contribution >= 0.6 is 23.2 Å². The van der Waals surface area contributed by atoms with Crippen LogP contribution in [0.3, 0.4) is 0 Å². The van der Waals surface area contributed by atoms with E-state index < -0.39 is 16.3 Å². The number of rotatable bonds is 15. The lowest BCUT2D eigenvalue weighted by Crippen LogP contribution is -2.54. The number of likely N-dealkylation sites (tertiary alicyclic amines) is 1. The van der Waals surface area contributed by atoms with E-state index in [0.29, 0.717) is 51.5 Å². The second kappa shape index (κ2) is 17.9. The highest BCUT2D eigenvalue weighted by Gasteiger charge is 2.47. The molecule has 2 heterocycles. The van der Waals surface area contributed by atoms with Crippen molar-refractivity contribution in [2.75, 3.05) is 54.6 Å². The molecule has 0 aliphatic carbocycles. The van der Waals surface area contributed by atoms with Crippen molar-refractivity contribution in [2.24, 2.45) is 0 Å². The molecule has 2 aliphatic heterocycles. The van der Waals surface area contributed by atoms with Crippen LogP contribution in [-0.4, -0.2) is 74.7 Å². The number of carbonyl (C=O) groups is 1. The molecule has 0 aromatic heterocycles. The summed E-state index contributed by atoms with van der Waals surface area (Å²) in [4.78, 5) is 18.2. The standard InChI is InChI=1S/C42H48Cl2FN3O6S/c1-47(40(49)46-25-29-9-7-11-33(45)21-29)41(32-13-14-35(43)36(44)24-32,28-54-26-30-22-37(51-2)39(53-4)38(23-30)52-3)15-8-18-48-19-16-42(17-20-48)34-12-6-5-10-31(34)27-55(42)50/h5-7,9-14,21-24H,8,15-20,25-28H2,1-4H3,(H,46,49)/t41-,55?/m1/s1. The molecule has 0 radical (unpaired) electrons. The fraction of sp³-hybridized carbons (Fsp3) is 0.405. The third-order valence-electron chi connectivity index (χ3n) is 11.0. The molecule has 0 bridgehead atoms. The van der Waals surface area contributed by atoms with Gasteiger partial charge in [-0.3, -0.25) is 4.21 Å². The molecule has 55 heavy (non-hydrogen) atoms. The highest BCUT2D eigenvalue weighted by Crippen LogP contribution is 2.47. The number of methoxy groups -OCH3 is 3. The van der Waals surface area contributed by atoms with Gasteiger partial charge in [0.25, 0.3) is 0 Å². The highest BCUT2D eigenvalue weighted by atomic mass is 35.5. The number of benzene rings is 4. The molecular formula is C42H48Cl2FN3O6S. The monoisotopic (exact) mass is 811 g/mol. The van der Waals surface area contributed by atoms with Gasteiger partial charge in [-0.25, -0.2) is 9.18 Å². The van der Waals surface area contributed by atoms with Gasteiger partial charge in [-0.15, -0.1) is 0 Å². The van der Waals surface area contributed by atoms with E-state index in [-0.39, 0.29) is 36.4 Å². The molecule has 1 saturated heterocycles. The van der Waals surface area contributed by atoms with Gasteiger partial charge < -0.3 is 34.1 Å². The number of amides is 2. The Hall–Kier alpha value is -3.87. The first-order valence-electron chi connectivity index (χ1n) is 18.3. The number of ether oxygens (including phenoxy) is 4. The van der Waals surface area contributed by atoms with E-state index in [4.69, 9.17) is 42.1 Å². The number of fused-ring (bicyclic) bond motifs is 2. The van der Waals surface area contributed by atoms with Crippen LogP contribution in [0.1, 0.15) is 53.5 Å². The fourth-order valence-electron chi connectivity index (χ4n) is 7.96. The third kappa shape index (κ3) is 8.76. The summed E-state index contributed by atoms with van der Waals surface area (Å²) < 4.78 is 50.4. The lowest BCUT2D eigenvalue weighted by Gasteiger charge is -2.43. The highest BCUT2D eigenvalue weighted by molar-refractivity contribution is 7.85. The first kappa shape index (κ1) is 40.8. The number of hydrogen-bond acceptors (Lipinski definition) is 7. The Kier molecular flexibility index (Phi) is 13.3. The smallest absolute Gasteiger partial charge is 0.318 e. The van der Waals surface area contributed by atoms with Crippen LogP contribution in [0.4, 0.5) is 9.18 Å². The summed E-state index contributed by atoms with van der Waals surface area (Å²) >= 11 is 13.1. The van der Waals surface area contributed by atoms with Crippen molar-refractivity contribution in [1.82, 2.24) is 15.1 Å². The van der Waals surface area contributed by atoms with Crippen LogP contribution < -0.4 is 19.5 Å². The van der Waals surface area contributed by atoms with Gasteiger partial charge in [0.1, 0.15) is 5.82 Å². The van der Waals surface area contributed by atoms with Gasteiger partial charge in [0.2, 0.25) is 5.75 Å². The number of hydrogen-bond donors (Lipinski definition) is 1. The zero-order chi connectivity index (χ0) is 39.2. The Morgan fingerprint density at radius 2 is 1.65 bits per heavy atom. The Bertz CT molecular complexity index is 1990. The van der Waals surface area contributed by atoms with Gasteiger partial charge in [-0.05, 0) is 110 Å². The molecule has 13 heteroatoms. The van der Waals surface area contributed by atoms with Crippen LogP contribution in [0.25, 0.3) is 0 Å². The van der Waals surface area contributed by atoms with Crippen molar-refractivity contribution in [2.45, 2.75) is 54.9 Å². The summed E-state index contributed by atoms with van der Waals surface area (Å²) in [5.74, 6) is 1.71. The molecule has 2 amide bonds. The number of likely N-dealkylation sites (N-methyl/N-ethyl adjacent to an activating group) is 1. The number of nitrogens with one attached hydrogen (secondary N) is 1. The molecule has 6 rings (SSSR count). The summed E-state index contributed by atoms with van der Waals surface area (Å²) in [7, 11) is 5.46. The summed E-state index contributed by atoms with van der Waals surface area (Å²) in [5, 5.41) is 3.72. The first-order valence-corrected chi connectivity index (χ1v) is 20.4. The topological polar surface area (TPSA) is 89.6 Å². The van der Waals surface area contributed by atoms with Crippen LogP contribution in [0, 0.1) is 5.82 Å². The molecule has 2 atom stereocenters. The number of carbonyl (C=O) groups excluding carboxylic acids is 1. The molecule has 294 valence electrons. The predicted octanol–water partition coefficient (Wildman–Crippen LogP) is 8.45. The van der Waals surface area contributed by atoms with Crippen molar-refractivity contribution < 1.29 is 32.3 Å². The van der Waals surface area contributed by atoms with Gasteiger partial charge in [0.15, 0.2) is 11.5 Å². The van der Waals surface area contributed by atoms with Crippen molar-refractivity contribution in [1.29, 1.82) is 0 Å². The summed E-state index contributed by atoms with van der Waals surface area (Å²) in [5.41, 5.74) is 3.60. The molecule has 1 fully saturated rings. The molecule has 1 spiro atoms. The van der Waals surface area contributed by atoms with Gasteiger partial charge in [0.05, 0.1) is 54.9 Å². The van der Waals surface area contributed by atoms with E-state index in [9.17, 15) is 13.4 Å². The van der Waals surface area contributed by atoms with E-state index in [2.05, 4.69) is 22.3 Å². The number of nitrogens with zero attached hydrogens (tertiary/aromatic N) is 2. The van der Waals surface area contributed by atoms with Crippen LogP contribution in [0.15, 0.2) is 78.9 Å². The average Bonchev–Trinajstić information content (AvgIpc) is 3.47. The van der Waals surface area contributed by atoms with Gasteiger partial charge in [-0.1, -0.05) is 65.7 Å². The van der Waals surface area contributed by atoms with E-state index in [0.717, 1.165) is 43.6 Å². The Labute approximate surface area is 335 Å².